The van der Waals surface area contributed by atoms with Crippen molar-refractivity contribution in [2.24, 2.45) is 12.5 Å². The van der Waals surface area contributed by atoms with Crippen LogP contribution in [-0.2, 0) is 11.8 Å². The number of nitrogens with zero attached hydrogens (tertiary/aromatic N) is 4. The van der Waals surface area contributed by atoms with Crippen LogP contribution in [-0.4, -0.2) is 53.2 Å². The van der Waals surface area contributed by atoms with E-state index in [1.165, 1.54) is 17.7 Å². The number of halogens is 1. The third kappa shape index (κ3) is 3.41. The highest BCUT2D eigenvalue weighted by Crippen LogP contribution is 2.39. The second kappa shape index (κ2) is 7.95. The fourth-order valence-electron chi connectivity index (χ4n) is 4.54. The minimum absolute atomic E-state index is 0.112. The average molecular weight is 437 g/mol. The first-order valence-corrected chi connectivity index (χ1v) is 10.6. The van der Waals surface area contributed by atoms with E-state index in [9.17, 15) is 9.18 Å². The van der Waals surface area contributed by atoms with Gasteiger partial charge in [0.15, 0.2) is 17.2 Å². The van der Waals surface area contributed by atoms with Gasteiger partial charge in [0, 0.05) is 26.7 Å². The first kappa shape index (κ1) is 20.5. The molecule has 0 bridgehead atoms. The molecule has 1 N–H and O–H groups in total. The monoisotopic (exact) mass is 437 g/mol. The Labute approximate surface area is 184 Å². The molecule has 0 atom stereocenters. The number of benzene rings is 1. The van der Waals surface area contributed by atoms with E-state index in [1.54, 1.807) is 19.2 Å². The lowest BCUT2D eigenvalue weighted by Gasteiger charge is -2.39. The molecule has 3 aromatic rings. The minimum atomic E-state index is -0.546. The summed E-state index contributed by atoms with van der Waals surface area (Å²) in [6.45, 7) is 3.30. The molecule has 0 radical (unpaired) electrons. The zero-order valence-corrected chi connectivity index (χ0v) is 18.1. The van der Waals surface area contributed by atoms with Crippen LogP contribution in [0.3, 0.4) is 0 Å². The molecule has 5 rings (SSSR count). The molecule has 0 saturated carbocycles. The Morgan fingerprint density at radius 1 is 1.25 bits per heavy atom. The van der Waals surface area contributed by atoms with E-state index in [0.717, 1.165) is 45.6 Å². The first-order chi connectivity index (χ1) is 15.5. The third-order valence-electron chi connectivity index (χ3n) is 6.57. The van der Waals surface area contributed by atoms with Crippen molar-refractivity contribution in [3.63, 3.8) is 0 Å². The van der Waals surface area contributed by atoms with Crippen molar-refractivity contribution < 1.29 is 13.9 Å². The van der Waals surface area contributed by atoms with Crippen LogP contribution in [0.25, 0.3) is 11.0 Å². The average Bonchev–Trinajstić information content (AvgIpc) is 3.43. The summed E-state index contributed by atoms with van der Waals surface area (Å²) in [6, 6.07) is 4.73. The summed E-state index contributed by atoms with van der Waals surface area (Å²) < 4.78 is 26.5. The van der Waals surface area contributed by atoms with Crippen LogP contribution in [0.1, 0.15) is 30.5 Å². The number of nitrogens with one attached hydrogen (secondary N) is 1. The molecule has 2 aromatic heterocycles. The Balaban J connectivity index is 1.47. The van der Waals surface area contributed by atoms with Crippen LogP contribution in [0.4, 0.5) is 10.3 Å². The molecular formula is C23H24FN5O3. The summed E-state index contributed by atoms with van der Waals surface area (Å²) in [7, 11) is 3.10. The van der Waals surface area contributed by atoms with Gasteiger partial charge >= 0.3 is 0 Å². The van der Waals surface area contributed by atoms with Gasteiger partial charge in [0.25, 0.3) is 5.56 Å². The van der Waals surface area contributed by atoms with Crippen LogP contribution in [0, 0.1) is 23.1 Å². The molecule has 8 nitrogen and oxygen atoms in total. The van der Waals surface area contributed by atoms with Gasteiger partial charge in [-0.25, -0.2) is 4.39 Å². The first-order valence-electron chi connectivity index (χ1n) is 10.6. The Morgan fingerprint density at radius 2 is 2.06 bits per heavy atom. The number of hydrogen-bond donors (Lipinski definition) is 1. The van der Waals surface area contributed by atoms with Crippen molar-refractivity contribution in [2.75, 3.05) is 38.3 Å². The normalized spacial score (nSPS) is 17.5. The van der Waals surface area contributed by atoms with Crippen LogP contribution in [0.2, 0.25) is 0 Å². The fraction of sp³-hybridized carbons (Fsp3) is 0.435. The van der Waals surface area contributed by atoms with Crippen molar-refractivity contribution in [1.29, 1.82) is 0 Å². The van der Waals surface area contributed by atoms with E-state index >= 15 is 0 Å². The van der Waals surface area contributed by atoms with Crippen molar-refractivity contribution in [2.45, 2.75) is 19.3 Å². The molecular weight excluding hydrogens is 413 g/mol. The minimum Gasteiger partial charge on any atom is -0.494 e. The summed E-state index contributed by atoms with van der Waals surface area (Å²) >= 11 is 0. The molecule has 32 heavy (non-hydrogen) atoms. The summed E-state index contributed by atoms with van der Waals surface area (Å²) in [5.74, 6) is 5.76. The lowest BCUT2D eigenvalue weighted by atomic mass is 9.78. The van der Waals surface area contributed by atoms with E-state index in [4.69, 9.17) is 9.47 Å². The van der Waals surface area contributed by atoms with E-state index in [2.05, 4.69) is 31.9 Å². The molecule has 1 spiro atoms. The number of piperidine rings is 1. The Bertz CT molecular complexity index is 1290. The van der Waals surface area contributed by atoms with Crippen LogP contribution in [0.15, 0.2) is 23.0 Å². The zero-order chi connectivity index (χ0) is 22.3. The Kier molecular flexibility index (Phi) is 5.10. The van der Waals surface area contributed by atoms with Gasteiger partial charge in [0.05, 0.1) is 19.3 Å². The number of methoxy groups -OCH3 is 1. The number of hydrogen-bond acceptors (Lipinski definition) is 6. The van der Waals surface area contributed by atoms with Gasteiger partial charge in [0.1, 0.15) is 11.1 Å². The Hall–Kier alpha value is -3.38. The lowest BCUT2D eigenvalue weighted by molar-refractivity contribution is 0.133. The standard InChI is InChI=1S/C23H24FN5O3/c1-28-21(30)18-16(7-6-15-4-3-5-17(31-2)19(15)24)26-27-20(18)25-22(28)29-11-8-23(9-12-29)10-13-32-14-23/h3-5H,8-14H2,1-2H3,(H,26,27). The van der Waals surface area contributed by atoms with Gasteiger partial charge in [-0.3, -0.25) is 14.5 Å². The zero-order valence-electron chi connectivity index (χ0n) is 18.1. The van der Waals surface area contributed by atoms with Gasteiger partial charge in [-0.1, -0.05) is 12.0 Å². The molecule has 1 aromatic carbocycles. The van der Waals surface area contributed by atoms with Crippen molar-refractivity contribution in [3.05, 3.63) is 45.6 Å². The third-order valence-corrected chi connectivity index (χ3v) is 6.57. The quantitative estimate of drug-likeness (QED) is 0.619. The maximum Gasteiger partial charge on any atom is 0.267 e. The van der Waals surface area contributed by atoms with Gasteiger partial charge in [-0.05, 0) is 42.7 Å². The highest BCUT2D eigenvalue weighted by Gasteiger charge is 2.38. The molecule has 4 heterocycles. The lowest BCUT2D eigenvalue weighted by Crippen LogP contribution is -2.43. The van der Waals surface area contributed by atoms with Crippen molar-refractivity contribution in [1.82, 2.24) is 19.7 Å². The fourth-order valence-corrected chi connectivity index (χ4v) is 4.54. The van der Waals surface area contributed by atoms with Crippen molar-refractivity contribution in [3.8, 4) is 17.6 Å². The maximum atomic E-state index is 14.4. The maximum absolute atomic E-state index is 14.4. The summed E-state index contributed by atoms with van der Waals surface area (Å²) in [5.41, 5.74) is 0.820. The topological polar surface area (TPSA) is 85.3 Å². The second-order valence-electron chi connectivity index (χ2n) is 8.43. The van der Waals surface area contributed by atoms with Crippen LogP contribution >= 0.6 is 0 Å². The van der Waals surface area contributed by atoms with Gasteiger partial charge in [0.2, 0.25) is 5.95 Å². The molecule has 2 fully saturated rings. The SMILES string of the molecule is COc1cccc(C#Cc2[nH]nc3nc(N4CCC5(CCOC5)CC4)n(C)c(=O)c23)c1F. The molecule has 0 amide bonds. The Morgan fingerprint density at radius 3 is 2.78 bits per heavy atom. The highest BCUT2D eigenvalue weighted by molar-refractivity contribution is 5.81. The number of fused-ring (bicyclic) bond motifs is 1. The van der Waals surface area contributed by atoms with Crippen molar-refractivity contribution >= 4 is 17.0 Å². The van der Waals surface area contributed by atoms with E-state index in [-0.39, 0.29) is 22.3 Å². The predicted octanol–water partition coefficient (Wildman–Crippen LogP) is 2.21. The van der Waals surface area contributed by atoms with Gasteiger partial charge < -0.3 is 14.4 Å². The molecule has 0 unspecified atom stereocenters. The summed E-state index contributed by atoms with van der Waals surface area (Å²) in [4.78, 5) is 19.9. The summed E-state index contributed by atoms with van der Waals surface area (Å²) in [6.07, 6.45) is 3.14. The van der Waals surface area contributed by atoms with Gasteiger partial charge in [-0.2, -0.15) is 10.1 Å². The molecule has 9 heteroatoms. The number of rotatable bonds is 2. The number of aromatic amines is 1. The highest BCUT2D eigenvalue weighted by atomic mass is 19.1. The van der Waals surface area contributed by atoms with E-state index < -0.39 is 5.82 Å². The van der Waals surface area contributed by atoms with Crippen LogP contribution in [0.5, 0.6) is 5.75 Å². The molecule has 166 valence electrons. The second-order valence-corrected chi connectivity index (χ2v) is 8.43. The van der Waals surface area contributed by atoms with Crippen LogP contribution < -0.4 is 15.2 Å². The molecule has 0 aliphatic carbocycles. The summed E-state index contributed by atoms with van der Waals surface area (Å²) in [5, 5.41) is 7.28. The number of ether oxygens (including phenoxy) is 2. The molecule has 2 aliphatic heterocycles. The van der Waals surface area contributed by atoms with Gasteiger partial charge in [-0.15, -0.1) is 0 Å². The number of anilines is 1. The molecule has 2 aliphatic rings. The van der Waals surface area contributed by atoms with E-state index in [0.29, 0.717) is 22.7 Å². The largest absolute Gasteiger partial charge is 0.494 e. The smallest absolute Gasteiger partial charge is 0.267 e. The number of aromatic nitrogens is 4. The van der Waals surface area contributed by atoms with E-state index in [1.807, 2.05) is 0 Å². The molecule has 2 saturated heterocycles. The predicted molar refractivity (Wildman–Crippen MR) is 117 cm³/mol. The number of H-pyrrole nitrogens is 1.